The molecule has 110 valence electrons. The average molecular weight is 288 g/mol. The molecule has 0 aliphatic heterocycles. The number of primary amides is 1. The number of aromatic nitrogens is 1. The van der Waals surface area contributed by atoms with Crippen LogP contribution in [0.5, 0.6) is 11.6 Å². The van der Waals surface area contributed by atoms with E-state index in [9.17, 15) is 14.7 Å². The van der Waals surface area contributed by atoms with Gasteiger partial charge in [0, 0.05) is 6.07 Å². The van der Waals surface area contributed by atoms with Crippen LogP contribution in [-0.4, -0.2) is 22.7 Å². The molecule has 6 heteroatoms. The Bertz CT molecular complexity index is 778. The lowest BCUT2D eigenvalue weighted by Crippen LogP contribution is -2.24. The molecule has 3 N–H and O–H groups in total. The summed E-state index contributed by atoms with van der Waals surface area (Å²) in [6.45, 7) is 3.38. The van der Waals surface area contributed by atoms with Gasteiger partial charge in [-0.25, -0.2) is 4.57 Å². The summed E-state index contributed by atoms with van der Waals surface area (Å²) in [5.41, 5.74) is 6.26. The Morgan fingerprint density at radius 2 is 1.95 bits per heavy atom. The standard InChI is InChI=1S/C15H16N2O4/c1-8-4-5-11(21-3)10(6-8)17-12(18)7-9(2)13(14(16)19)15(17)20/h4-7,20H,1-3H3,(H2,16,19). The number of rotatable bonds is 3. The third kappa shape index (κ3) is 2.47. The van der Waals surface area contributed by atoms with E-state index >= 15 is 0 Å². The SMILES string of the molecule is COc1ccc(C)cc1-n1c(O)c(C(N)=O)c(C)cc1=O. The van der Waals surface area contributed by atoms with Gasteiger partial charge in [-0.1, -0.05) is 6.07 Å². The van der Waals surface area contributed by atoms with Crippen LogP contribution in [0.15, 0.2) is 29.1 Å². The van der Waals surface area contributed by atoms with Crippen molar-refractivity contribution in [3.63, 3.8) is 0 Å². The lowest BCUT2D eigenvalue weighted by molar-refractivity contribution is 0.0996. The molecule has 0 atom stereocenters. The molecular weight excluding hydrogens is 272 g/mol. The topological polar surface area (TPSA) is 94.5 Å². The van der Waals surface area contributed by atoms with Crippen molar-refractivity contribution >= 4 is 5.91 Å². The molecule has 1 heterocycles. The summed E-state index contributed by atoms with van der Waals surface area (Å²) in [7, 11) is 1.46. The quantitative estimate of drug-likeness (QED) is 0.889. The molecule has 1 amide bonds. The first kappa shape index (κ1) is 14.6. The molecule has 0 saturated carbocycles. The van der Waals surface area contributed by atoms with Crippen molar-refractivity contribution in [2.75, 3.05) is 7.11 Å². The van der Waals surface area contributed by atoms with Crippen molar-refractivity contribution in [1.29, 1.82) is 0 Å². The molecule has 1 aromatic heterocycles. The number of carbonyl (C=O) groups excluding carboxylic acids is 1. The first-order valence-corrected chi connectivity index (χ1v) is 6.27. The number of hydrogen-bond acceptors (Lipinski definition) is 4. The third-order valence-corrected chi connectivity index (χ3v) is 3.21. The summed E-state index contributed by atoms with van der Waals surface area (Å²) in [5.74, 6) is -0.890. The number of pyridine rings is 1. The lowest BCUT2D eigenvalue weighted by Gasteiger charge is -2.16. The largest absolute Gasteiger partial charge is 0.495 e. The second kappa shape index (κ2) is 5.32. The molecule has 2 rings (SSSR count). The fourth-order valence-electron chi connectivity index (χ4n) is 2.23. The molecule has 0 aliphatic rings. The zero-order valence-electron chi connectivity index (χ0n) is 12.0. The number of methoxy groups -OCH3 is 1. The number of nitrogens with zero attached hydrogens (tertiary/aromatic N) is 1. The smallest absolute Gasteiger partial charge is 0.258 e. The molecule has 21 heavy (non-hydrogen) atoms. The summed E-state index contributed by atoms with van der Waals surface area (Å²) >= 11 is 0. The predicted octanol–water partition coefficient (Wildman–Crippen LogP) is 1.27. The Labute approximate surface area is 121 Å². The number of nitrogens with two attached hydrogens (primary N) is 1. The predicted molar refractivity (Wildman–Crippen MR) is 78.2 cm³/mol. The molecule has 0 radical (unpaired) electrons. The molecule has 0 saturated heterocycles. The van der Waals surface area contributed by atoms with Gasteiger partial charge in [0.2, 0.25) is 5.88 Å². The van der Waals surface area contributed by atoms with E-state index in [-0.39, 0.29) is 5.56 Å². The number of aryl methyl sites for hydroxylation is 2. The second-order valence-electron chi connectivity index (χ2n) is 4.74. The second-order valence-corrected chi connectivity index (χ2v) is 4.74. The van der Waals surface area contributed by atoms with Gasteiger partial charge in [-0.2, -0.15) is 0 Å². The summed E-state index contributed by atoms with van der Waals surface area (Å²) in [6.07, 6.45) is 0. The van der Waals surface area contributed by atoms with Crippen LogP contribution in [0, 0.1) is 13.8 Å². The zero-order valence-corrected chi connectivity index (χ0v) is 12.0. The van der Waals surface area contributed by atoms with Gasteiger partial charge >= 0.3 is 0 Å². The van der Waals surface area contributed by atoms with Crippen LogP contribution in [0.25, 0.3) is 5.69 Å². The van der Waals surface area contributed by atoms with Crippen LogP contribution in [0.2, 0.25) is 0 Å². The lowest BCUT2D eigenvalue weighted by atomic mass is 10.1. The van der Waals surface area contributed by atoms with Crippen molar-refractivity contribution in [3.8, 4) is 17.3 Å². The van der Waals surface area contributed by atoms with Crippen LogP contribution in [0.1, 0.15) is 21.5 Å². The number of benzene rings is 1. The van der Waals surface area contributed by atoms with Crippen LogP contribution >= 0.6 is 0 Å². The van der Waals surface area contributed by atoms with E-state index in [1.54, 1.807) is 19.1 Å². The number of aromatic hydroxyl groups is 1. The van der Waals surface area contributed by atoms with Crippen molar-refractivity contribution in [2.45, 2.75) is 13.8 Å². The average Bonchev–Trinajstić information content (AvgIpc) is 2.37. The van der Waals surface area contributed by atoms with Crippen molar-refractivity contribution < 1.29 is 14.6 Å². The molecule has 1 aromatic carbocycles. The summed E-state index contributed by atoms with van der Waals surface area (Å²) in [6, 6.07) is 6.43. The van der Waals surface area contributed by atoms with Crippen LogP contribution < -0.4 is 16.0 Å². The third-order valence-electron chi connectivity index (χ3n) is 3.21. The van der Waals surface area contributed by atoms with Gasteiger partial charge in [-0.3, -0.25) is 9.59 Å². The number of amides is 1. The minimum atomic E-state index is -0.801. The Morgan fingerprint density at radius 1 is 1.29 bits per heavy atom. The molecule has 0 fully saturated rings. The molecule has 6 nitrogen and oxygen atoms in total. The van der Waals surface area contributed by atoms with Crippen molar-refractivity contribution in [1.82, 2.24) is 4.57 Å². The van der Waals surface area contributed by atoms with E-state index in [1.807, 2.05) is 13.0 Å². The maximum absolute atomic E-state index is 12.2. The van der Waals surface area contributed by atoms with Gasteiger partial charge in [-0.15, -0.1) is 0 Å². The van der Waals surface area contributed by atoms with Crippen LogP contribution in [0.4, 0.5) is 0 Å². The Hall–Kier alpha value is -2.76. The summed E-state index contributed by atoms with van der Waals surface area (Å²) in [4.78, 5) is 23.7. The van der Waals surface area contributed by atoms with Crippen LogP contribution in [-0.2, 0) is 0 Å². The van der Waals surface area contributed by atoms with Gasteiger partial charge < -0.3 is 15.6 Å². The minimum absolute atomic E-state index is 0.0850. The number of ether oxygens (including phenoxy) is 1. The number of carbonyl (C=O) groups is 1. The van der Waals surface area contributed by atoms with E-state index in [0.717, 1.165) is 10.1 Å². The van der Waals surface area contributed by atoms with E-state index in [1.165, 1.54) is 13.2 Å². The summed E-state index contributed by atoms with van der Waals surface area (Å²) in [5, 5.41) is 10.3. The maximum Gasteiger partial charge on any atom is 0.258 e. The Balaban J connectivity index is 2.88. The van der Waals surface area contributed by atoms with E-state index in [4.69, 9.17) is 10.5 Å². The maximum atomic E-state index is 12.2. The zero-order chi connectivity index (χ0) is 15.7. The molecule has 0 bridgehead atoms. The highest BCUT2D eigenvalue weighted by atomic mass is 16.5. The fraction of sp³-hybridized carbons (Fsp3) is 0.200. The molecule has 0 spiro atoms. The van der Waals surface area contributed by atoms with Gasteiger partial charge in [0.1, 0.15) is 11.3 Å². The van der Waals surface area contributed by atoms with Crippen LogP contribution in [0.3, 0.4) is 0 Å². The van der Waals surface area contributed by atoms with E-state index in [2.05, 4.69) is 0 Å². The van der Waals surface area contributed by atoms with Crippen molar-refractivity contribution in [2.24, 2.45) is 5.73 Å². The summed E-state index contributed by atoms with van der Waals surface area (Å²) < 4.78 is 6.22. The van der Waals surface area contributed by atoms with Gasteiger partial charge in [0.05, 0.1) is 12.8 Å². The molecule has 0 unspecified atom stereocenters. The monoisotopic (exact) mass is 288 g/mol. The highest BCUT2D eigenvalue weighted by molar-refractivity contribution is 5.96. The highest BCUT2D eigenvalue weighted by Gasteiger charge is 2.20. The molecule has 0 aliphatic carbocycles. The fourth-order valence-corrected chi connectivity index (χ4v) is 2.23. The molecular formula is C15H16N2O4. The Kier molecular flexibility index (Phi) is 3.71. The van der Waals surface area contributed by atoms with Gasteiger partial charge in [-0.05, 0) is 37.1 Å². The van der Waals surface area contributed by atoms with E-state index in [0.29, 0.717) is 17.0 Å². The Morgan fingerprint density at radius 3 is 2.52 bits per heavy atom. The van der Waals surface area contributed by atoms with E-state index < -0.39 is 17.3 Å². The van der Waals surface area contributed by atoms with Gasteiger partial charge in [0.15, 0.2) is 0 Å². The number of hydrogen-bond donors (Lipinski definition) is 2. The minimum Gasteiger partial charge on any atom is -0.495 e. The first-order chi connectivity index (χ1) is 9.86. The normalized spacial score (nSPS) is 10.4. The van der Waals surface area contributed by atoms with Crippen molar-refractivity contribution in [3.05, 3.63) is 51.3 Å². The highest BCUT2D eigenvalue weighted by Crippen LogP contribution is 2.28. The molecule has 2 aromatic rings. The van der Waals surface area contributed by atoms with Gasteiger partial charge in [0.25, 0.3) is 11.5 Å². The first-order valence-electron chi connectivity index (χ1n) is 6.27.